The van der Waals surface area contributed by atoms with Crippen LogP contribution >= 0.6 is 0 Å². The Morgan fingerprint density at radius 2 is 1.38 bits per heavy atom. The molecule has 34 heavy (non-hydrogen) atoms. The zero-order chi connectivity index (χ0) is 24.2. The molecule has 2 aliphatic rings. The van der Waals surface area contributed by atoms with Crippen LogP contribution in [0.2, 0.25) is 0 Å². The second kappa shape index (κ2) is 10.8. The van der Waals surface area contributed by atoms with Gasteiger partial charge in [0, 0.05) is 31.7 Å². The summed E-state index contributed by atoms with van der Waals surface area (Å²) in [4.78, 5) is 20.3. The van der Waals surface area contributed by atoms with Crippen LogP contribution in [0.3, 0.4) is 0 Å². The van der Waals surface area contributed by atoms with Crippen molar-refractivity contribution in [2.75, 3.05) is 39.8 Å². The molecule has 5 nitrogen and oxygen atoms in total. The molecule has 0 spiro atoms. The first-order valence-electron chi connectivity index (χ1n) is 12.3. The first-order chi connectivity index (χ1) is 16.3. The average Bonchev–Trinajstić information content (AvgIpc) is 2.80. The van der Waals surface area contributed by atoms with Gasteiger partial charge in [-0.1, -0.05) is 24.3 Å². The summed E-state index contributed by atoms with van der Waals surface area (Å²) in [6.45, 7) is 9.30. The highest BCUT2D eigenvalue weighted by atomic mass is 19.1. The molecule has 2 unspecified atom stereocenters. The lowest BCUT2D eigenvalue weighted by molar-refractivity contribution is 0.0477. The molecular formula is C27H36F2N4O. The van der Waals surface area contributed by atoms with Crippen molar-refractivity contribution in [3.05, 3.63) is 71.3 Å². The number of hydrogen-bond donors (Lipinski definition) is 1. The molecule has 2 aromatic rings. The summed E-state index contributed by atoms with van der Waals surface area (Å²) in [6, 6.07) is 11.7. The maximum atomic E-state index is 13.5. The van der Waals surface area contributed by atoms with E-state index in [0.717, 1.165) is 49.8 Å². The SMILES string of the molecule is CC1CN(CC2CCN(C)CC2)CC(C)N1C(=O)NC(c1ccc(F)cc1)c1ccc(F)cc1. The van der Waals surface area contributed by atoms with Crippen LogP contribution in [0.4, 0.5) is 13.6 Å². The number of halogens is 2. The van der Waals surface area contributed by atoms with Crippen molar-refractivity contribution in [1.82, 2.24) is 20.0 Å². The molecule has 2 fully saturated rings. The van der Waals surface area contributed by atoms with E-state index in [9.17, 15) is 13.6 Å². The van der Waals surface area contributed by atoms with E-state index < -0.39 is 6.04 Å². The minimum atomic E-state index is -0.495. The molecule has 2 atom stereocenters. The normalized spacial score (nSPS) is 22.8. The van der Waals surface area contributed by atoms with E-state index in [1.165, 1.54) is 37.1 Å². The Morgan fingerprint density at radius 1 is 0.912 bits per heavy atom. The number of nitrogens with zero attached hydrogens (tertiary/aromatic N) is 3. The van der Waals surface area contributed by atoms with E-state index in [1.807, 2.05) is 4.90 Å². The Balaban J connectivity index is 1.44. The molecule has 2 heterocycles. The highest BCUT2D eigenvalue weighted by molar-refractivity contribution is 5.76. The lowest BCUT2D eigenvalue weighted by Crippen LogP contribution is -2.61. The van der Waals surface area contributed by atoms with Crippen molar-refractivity contribution in [2.24, 2.45) is 5.92 Å². The number of piperidine rings is 1. The van der Waals surface area contributed by atoms with Gasteiger partial charge in [-0.2, -0.15) is 0 Å². The van der Waals surface area contributed by atoms with Gasteiger partial charge in [0.1, 0.15) is 11.6 Å². The quantitative estimate of drug-likeness (QED) is 0.699. The summed E-state index contributed by atoms with van der Waals surface area (Å²) >= 11 is 0. The van der Waals surface area contributed by atoms with Crippen molar-refractivity contribution in [3.63, 3.8) is 0 Å². The summed E-state index contributed by atoms with van der Waals surface area (Å²) in [5.74, 6) is 0.0455. The van der Waals surface area contributed by atoms with Gasteiger partial charge in [0.2, 0.25) is 0 Å². The molecule has 7 heteroatoms. The molecule has 0 aromatic heterocycles. The number of likely N-dealkylation sites (tertiary alicyclic amines) is 1. The molecule has 184 valence electrons. The van der Waals surface area contributed by atoms with Crippen molar-refractivity contribution in [2.45, 2.75) is 44.8 Å². The van der Waals surface area contributed by atoms with Crippen LogP contribution in [0.15, 0.2) is 48.5 Å². The second-order valence-electron chi connectivity index (χ2n) is 10.1. The van der Waals surface area contributed by atoms with E-state index in [-0.39, 0.29) is 29.7 Å². The summed E-state index contributed by atoms with van der Waals surface area (Å²) in [6.07, 6.45) is 2.47. The van der Waals surface area contributed by atoms with Gasteiger partial charge in [0.25, 0.3) is 0 Å². The first kappa shape index (κ1) is 24.6. The first-order valence-corrected chi connectivity index (χ1v) is 12.3. The number of piperazine rings is 1. The zero-order valence-corrected chi connectivity index (χ0v) is 20.4. The Labute approximate surface area is 201 Å². The predicted molar refractivity (Wildman–Crippen MR) is 131 cm³/mol. The van der Waals surface area contributed by atoms with Gasteiger partial charge in [-0.15, -0.1) is 0 Å². The third-order valence-electron chi connectivity index (χ3n) is 7.26. The summed E-state index contributed by atoms with van der Waals surface area (Å²) in [5, 5.41) is 3.14. The third-order valence-corrected chi connectivity index (χ3v) is 7.26. The van der Waals surface area contributed by atoms with E-state index in [4.69, 9.17) is 0 Å². The fourth-order valence-corrected chi connectivity index (χ4v) is 5.46. The Bertz CT molecular complexity index is 887. The summed E-state index contributed by atoms with van der Waals surface area (Å²) < 4.78 is 27.1. The second-order valence-corrected chi connectivity index (χ2v) is 10.1. The van der Waals surface area contributed by atoms with Crippen molar-refractivity contribution < 1.29 is 13.6 Å². The van der Waals surface area contributed by atoms with Crippen LogP contribution in [-0.4, -0.2) is 72.6 Å². The molecule has 0 aliphatic carbocycles. The van der Waals surface area contributed by atoms with Crippen molar-refractivity contribution in [3.8, 4) is 0 Å². The van der Waals surface area contributed by atoms with Crippen LogP contribution in [0.5, 0.6) is 0 Å². The summed E-state index contributed by atoms with van der Waals surface area (Å²) in [5.41, 5.74) is 1.50. The minimum absolute atomic E-state index is 0.0668. The number of rotatable bonds is 5. The number of benzene rings is 2. The molecule has 2 amide bonds. The highest BCUT2D eigenvalue weighted by Gasteiger charge is 2.35. The molecule has 2 aromatic carbocycles. The molecule has 2 aliphatic heterocycles. The minimum Gasteiger partial charge on any atom is -0.327 e. The zero-order valence-electron chi connectivity index (χ0n) is 20.4. The Hall–Kier alpha value is -2.51. The molecule has 0 radical (unpaired) electrons. The number of carbonyl (C=O) groups excluding carboxylic acids is 1. The predicted octanol–water partition coefficient (Wildman–Crippen LogP) is 4.50. The molecule has 4 rings (SSSR count). The fraction of sp³-hybridized carbons (Fsp3) is 0.519. The number of amides is 2. The molecule has 0 bridgehead atoms. The highest BCUT2D eigenvalue weighted by Crippen LogP contribution is 2.26. The average molecular weight is 471 g/mol. The van der Waals surface area contributed by atoms with Gasteiger partial charge in [-0.05, 0) is 88.1 Å². The van der Waals surface area contributed by atoms with Crippen LogP contribution in [0.1, 0.15) is 43.9 Å². The van der Waals surface area contributed by atoms with Gasteiger partial charge in [-0.25, -0.2) is 13.6 Å². The van der Waals surface area contributed by atoms with Crippen LogP contribution < -0.4 is 5.32 Å². The monoisotopic (exact) mass is 470 g/mol. The lowest BCUT2D eigenvalue weighted by Gasteiger charge is -2.46. The standard InChI is InChI=1S/C27H36F2N4O/c1-19-16-32(18-21-12-14-31(3)15-13-21)17-20(2)33(19)27(34)30-26(22-4-8-24(28)9-5-22)23-6-10-25(29)11-7-23/h4-11,19-21,26H,12-18H2,1-3H3,(H,30,34). The molecule has 2 saturated heterocycles. The van der Waals surface area contributed by atoms with E-state index in [1.54, 1.807) is 24.3 Å². The van der Waals surface area contributed by atoms with Crippen molar-refractivity contribution in [1.29, 1.82) is 0 Å². The molecular weight excluding hydrogens is 434 g/mol. The van der Waals surface area contributed by atoms with Crippen LogP contribution in [-0.2, 0) is 0 Å². The smallest absolute Gasteiger partial charge is 0.318 e. The van der Waals surface area contributed by atoms with E-state index in [0.29, 0.717) is 0 Å². The number of hydrogen-bond acceptors (Lipinski definition) is 3. The summed E-state index contributed by atoms with van der Waals surface area (Å²) in [7, 11) is 2.18. The van der Waals surface area contributed by atoms with Crippen LogP contribution in [0.25, 0.3) is 0 Å². The topological polar surface area (TPSA) is 38.8 Å². The molecule has 1 N–H and O–H groups in total. The van der Waals surface area contributed by atoms with Gasteiger partial charge in [-0.3, -0.25) is 4.90 Å². The van der Waals surface area contributed by atoms with Gasteiger partial charge < -0.3 is 15.1 Å². The van der Waals surface area contributed by atoms with Gasteiger partial charge in [0.15, 0.2) is 0 Å². The maximum absolute atomic E-state index is 13.5. The fourth-order valence-electron chi connectivity index (χ4n) is 5.46. The van der Waals surface area contributed by atoms with Crippen LogP contribution in [0, 0.1) is 17.6 Å². The maximum Gasteiger partial charge on any atom is 0.318 e. The third kappa shape index (κ3) is 5.94. The Morgan fingerprint density at radius 3 is 1.85 bits per heavy atom. The number of nitrogens with one attached hydrogen (secondary N) is 1. The Kier molecular flexibility index (Phi) is 7.84. The largest absolute Gasteiger partial charge is 0.327 e. The number of urea groups is 1. The molecule has 0 saturated carbocycles. The number of carbonyl (C=O) groups is 1. The van der Waals surface area contributed by atoms with Crippen molar-refractivity contribution >= 4 is 6.03 Å². The van der Waals surface area contributed by atoms with Gasteiger partial charge in [0.05, 0.1) is 6.04 Å². The lowest BCUT2D eigenvalue weighted by atomic mass is 9.95. The van der Waals surface area contributed by atoms with E-state index in [2.05, 4.69) is 36.0 Å². The van der Waals surface area contributed by atoms with Gasteiger partial charge >= 0.3 is 6.03 Å². The van der Waals surface area contributed by atoms with E-state index >= 15 is 0 Å².